The van der Waals surface area contributed by atoms with Crippen LogP contribution >= 0.6 is 23.1 Å². The van der Waals surface area contributed by atoms with E-state index in [0.29, 0.717) is 6.54 Å². The lowest BCUT2D eigenvalue weighted by Crippen LogP contribution is -2.35. The summed E-state index contributed by atoms with van der Waals surface area (Å²) in [4.78, 5) is 15.0. The molecule has 0 saturated heterocycles. The zero-order valence-electron chi connectivity index (χ0n) is 15.6. The van der Waals surface area contributed by atoms with Crippen LogP contribution in [0.25, 0.3) is 0 Å². The highest BCUT2D eigenvalue weighted by molar-refractivity contribution is 7.98. The van der Waals surface area contributed by atoms with Crippen LogP contribution in [0.5, 0.6) is 0 Å². The first kappa shape index (κ1) is 19.5. The second-order valence-electron chi connectivity index (χ2n) is 6.43. The number of nitrogens with one attached hydrogen (secondary N) is 2. The Labute approximate surface area is 169 Å². The number of hydrogen-bond donors (Lipinski definition) is 2. The molecule has 2 N–H and O–H groups in total. The summed E-state index contributed by atoms with van der Waals surface area (Å²) in [6.07, 6.45) is 0. The summed E-state index contributed by atoms with van der Waals surface area (Å²) in [7, 11) is 0. The fraction of sp³-hybridized carbons (Fsp3) is 0.227. The highest BCUT2D eigenvalue weighted by Crippen LogP contribution is 2.28. The van der Waals surface area contributed by atoms with Crippen LogP contribution in [0.2, 0.25) is 0 Å². The van der Waals surface area contributed by atoms with Gasteiger partial charge < -0.3 is 10.6 Å². The van der Waals surface area contributed by atoms with Gasteiger partial charge in [0.1, 0.15) is 0 Å². The molecule has 2 aromatic carbocycles. The molecule has 1 heterocycles. The number of rotatable bonds is 8. The Balaban J connectivity index is 1.57. The number of para-hydroxylation sites is 1. The molecule has 0 saturated carbocycles. The average Bonchev–Trinajstić information content (AvgIpc) is 3.20. The molecular weight excluding hydrogens is 372 g/mol. The molecule has 3 rings (SSSR count). The summed E-state index contributed by atoms with van der Waals surface area (Å²) in [6, 6.07) is 20.3. The van der Waals surface area contributed by atoms with Gasteiger partial charge in [0, 0.05) is 33.8 Å². The standard InChI is InChI=1S/C22H24N2OS2/c1-16-8-3-5-11-20(16)24-17(2)14-23-22(25)19-10-4-6-12-21(19)27-15-18-9-7-13-26-18/h3-13,17,24H,14-15H2,1-2H3,(H,23,25). The number of carbonyl (C=O) groups excluding carboxylic acids is 1. The Morgan fingerprint density at radius 1 is 1.07 bits per heavy atom. The first-order valence-electron chi connectivity index (χ1n) is 8.98. The number of amides is 1. The summed E-state index contributed by atoms with van der Waals surface area (Å²) in [5, 5.41) is 8.60. The molecule has 0 bridgehead atoms. The van der Waals surface area contributed by atoms with E-state index in [4.69, 9.17) is 0 Å². The maximum Gasteiger partial charge on any atom is 0.252 e. The predicted octanol–water partition coefficient (Wildman–Crippen LogP) is 5.58. The Hall–Kier alpha value is -2.24. The van der Waals surface area contributed by atoms with Gasteiger partial charge in [-0.25, -0.2) is 0 Å². The molecule has 27 heavy (non-hydrogen) atoms. The fourth-order valence-corrected chi connectivity index (χ4v) is 4.54. The van der Waals surface area contributed by atoms with E-state index < -0.39 is 0 Å². The van der Waals surface area contributed by atoms with Gasteiger partial charge in [-0.1, -0.05) is 36.4 Å². The quantitative estimate of drug-likeness (QED) is 0.488. The molecule has 0 aliphatic carbocycles. The Morgan fingerprint density at radius 2 is 1.85 bits per heavy atom. The van der Waals surface area contributed by atoms with Gasteiger partial charge in [-0.2, -0.15) is 0 Å². The third kappa shape index (κ3) is 5.62. The molecule has 0 fully saturated rings. The van der Waals surface area contributed by atoms with E-state index in [9.17, 15) is 4.79 Å². The van der Waals surface area contributed by atoms with Crippen molar-refractivity contribution in [1.29, 1.82) is 0 Å². The molecule has 1 amide bonds. The van der Waals surface area contributed by atoms with Crippen LogP contribution in [-0.2, 0) is 5.75 Å². The van der Waals surface area contributed by atoms with Crippen LogP contribution in [0.4, 0.5) is 5.69 Å². The van der Waals surface area contributed by atoms with Crippen molar-refractivity contribution in [2.75, 3.05) is 11.9 Å². The van der Waals surface area contributed by atoms with E-state index in [-0.39, 0.29) is 11.9 Å². The van der Waals surface area contributed by atoms with Crippen molar-refractivity contribution in [3.8, 4) is 0 Å². The minimum atomic E-state index is -0.0253. The summed E-state index contributed by atoms with van der Waals surface area (Å²) >= 11 is 3.45. The molecular formula is C22H24N2OS2. The summed E-state index contributed by atoms with van der Waals surface area (Å²) in [5.41, 5.74) is 3.04. The van der Waals surface area contributed by atoms with Crippen LogP contribution in [0, 0.1) is 6.92 Å². The molecule has 140 valence electrons. The molecule has 3 aromatic rings. The van der Waals surface area contributed by atoms with Crippen LogP contribution < -0.4 is 10.6 Å². The lowest BCUT2D eigenvalue weighted by atomic mass is 10.1. The van der Waals surface area contributed by atoms with E-state index in [2.05, 4.69) is 54.1 Å². The molecule has 0 aliphatic rings. The maximum atomic E-state index is 12.7. The molecule has 5 heteroatoms. The number of aryl methyl sites for hydroxylation is 1. The van der Waals surface area contributed by atoms with Crippen molar-refractivity contribution in [2.45, 2.75) is 30.5 Å². The van der Waals surface area contributed by atoms with E-state index in [0.717, 1.165) is 21.9 Å². The smallest absolute Gasteiger partial charge is 0.252 e. The van der Waals surface area contributed by atoms with E-state index in [1.807, 2.05) is 36.4 Å². The summed E-state index contributed by atoms with van der Waals surface area (Å²) in [6.45, 7) is 4.72. The number of benzene rings is 2. The van der Waals surface area contributed by atoms with E-state index >= 15 is 0 Å². The van der Waals surface area contributed by atoms with Gasteiger partial charge in [-0.05, 0) is 49.1 Å². The Morgan fingerprint density at radius 3 is 2.63 bits per heavy atom. The zero-order valence-corrected chi connectivity index (χ0v) is 17.2. The topological polar surface area (TPSA) is 41.1 Å². The van der Waals surface area contributed by atoms with Crippen molar-refractivity contribution in [2.24, 2.45) is 0 Å². The maximum absolute atomic E-state index is 12.7. The number of thioether (sulfide) groups is 1. The minimum absolute atomic E-state index is 0.0253. The van der Waals surface area contributed by atoms with Gasteiger partial charge in [-0.15, -0.1) is 23.1 Å². The van der Waals surface area contributed by atoms with Crippen molar-refractivity contribution in [3.63, 3.8) is 0 Å². The van der Waals surface area contributed by atoms with E-state index in [1.165, 1.54) is 10.4 Å². The fourth-order valence-electron chi connectivity index (χ4n) is 2.72. The normalized spacial score (nSPS) is 11.8. The monoisotopic (exact) mass is 396 g/mol. The van der Waals surface area contributed by atoms with Crippen molar-refractivity contribution in [1.82, 2.24) is 5.32 Å². The lowest BCUT2D eigenvalue weighted by molar-refractivity contribution is 0.0949. The van der Waals surface area contributed by atoms with E-state index in [1.54, 1.807) is 23.1 Å². The number of anilines is 1. The number of hydrogen-bond acceptors (Lipinski definition) is 4. The molecule has 1 unspecified atom stereocenters. The van der Waals surface area contributed by atoms with Gasteiger partial charge >= 0.3 is 0 Å². The predicted molar refractivity (Wildman–Crippen MR) is 117 cm³/mol. The largest absolute Gasteiger partial charge is 0.381 e. The van der Waals surface area contributed by atoms with Gasteiger partial charge in [0.25, 0.3) is 5.91 Å². The van der Waals surface area contributed by atoms with Crippen LogP contribution in [0.1, 0.15) is 27.7 Å². The van der Waals surface area contributed by atoms with Gasteiger partial charge in [0.15, 0.2) is 0 Å². The molecule has 0 aliphatic heterocycles. The zero-order chi connectivity index (χ0) is 19.1. The third-order valence-electron chi connectivity index (χ3n) is 4.20. The second-order valence-corrected chi connectivity index (χ2v) is 8.48. The molecule has 3 nitrogen and oxygen atoms in total. The molecule has 0 spiro atoms. The van der Waals surface area contributed by atoms with Crippen molar-refractivity contribution < 1.29 is 4.79 Å². The van der Waals surface area contributed by atoms with Crippen molar-refractivity contribution in [3.05, 3.63) is 82.0 Å². The lowest BCUT2D eigenvalue weighted by Gasteiger charge is -2.18. The molecule has 0 radical (unpaired) electrons. The van der Waals surface area contributed by atoms with Gasteiger partial charge in [0.2, 0.25) is 0 Å². The Bertz CT molecular complexity index is 878. The number of thiophene rings is 1. The third-order valence-corrected chi connectivity index (χ3v) is 6.38. The molecule has 1 aromatic heterocycles. The first-order chi connectivity index (χ1) is 13.1. The average molecular weight is 397 g/mol. The van der Waals surface area contributed by atoms with Crippen LogP contribution in [-0.4, -0.2) is 18.5 Å². The Kier molecular flexibility index (Phi) is 6.96. The van der Waals surface area contributed by atoms with Crippen LogP contribution in [0.15, 0.2) is 70.9 Å². The highest BCUT2D eigenvalue weighted by Gasteiger charge is 2.13. The van der Waals surface area contributed by atoms with Gasteiger partial charge in [0.05, 0.1) is 5.56 Å². The van der Waals surface area contributed by atoms with Gasteiger partial charge in [-0.3, -0.25) is 4.79 Å². The van der Waals surface area contributed by atoms with Crippen LogP contribution in [0.3, 0.4) is 0 Å². The summed E-state index contributed by atoms with van der Waals surface area (Å²) < 4.78 is 0. The summed E-state index contributed by atoms with van der Waals surface area (Å²) in [5.74, 6) is 0.857. The highest BCUT2D eigenvalue weighted by atomic mass is 32.2. The van der Waals surface area contributed by atoms with Crippen molar-refractivity contribution >= 4 is 34.7 Å². The number of carbonyl (C=O) groups is 1. The molecule has 1 atom stereocenters. The second kappa shape index (κ2) is 9.62. The first-order valence-corrected chi connectivity index (χ1v) is 10.8. The SMILES string of the molecule is Cc1ccccc1NC(C)CNC(=O)c1ccccc1SCc1cccs1. The minimum Gasteiger partial charge on any atom is -0.381 e.